The Morgan fingerprint density at radius 1 is 0.406 bits per heavy atom. The number of nitrogens with one attached hydrogen (secondary N) is 1. The van der Waals surface area contributed by atoms with Crippen molar-refractivity contribution in [1.82, 2.24) is 0 Å². The summed E-state index contributed by atoms with van der Waals surface area (Å²) in [5, 5.41) is 3.61. The Kier molecular flexibility index (Phi) is 5.87. The van der Waals surface area contributed by atoms with Crippen LogP contribution in [0.15, 0.2) is 132 Å². The van der Waals surface area contributed by atoms with Crippen molar-refractivity contribution in [1.29, 1.82) is 0 Å². The van der Waals surface area contributed by atoms with Crippen molar-refractivity contribution in [2.75, 3.05) is 5.32 Å². The maximum atomic E-state index is 3.88. The number of halogens is 1. The summed E-state index contributed by atoms with van der Waals surface area (Å²) in [5.41, 5.74) is 9.23. The summed E-state index contributed by atoms with van der Waals surface area (Å²) >= 11 is 3.88. The van der Waals surface area contributed by atoms with E-state index in [4.69, 9.17) is 0 Å². The molecule has 5 aromatic rings. The zero-order chi connectivity index (χ0) is 21.8. The monoisotopic (exact) mass is 475 g/mol. The van der Waals surface area contributed by atoms with E-state index in [9.17, 15) is 0 Å². The van der Waals surface area contributed by atoms with Gasteiger partial charge in [-0.15, -0.1) is 0 Å². The van der Waals surface area contributed by atoms with Gasteiger partial charge in [-0.2, -0.15) is 0 Å². The molecule has 0 saturated heterocycles. The molecule has 1 N–H and O–H groups in total. The predicted molar refractivity (Wildman–Crippen MR) is 140 cm³/mol. The molecule has 0 amide bonds. The van der Waals surface area contributed by atoms with E-state index < -0.39 is 0 Å². The second-order valence-corrected chi connectivity index (χ2v) is 8.48. The molecule has 2 heteroatoms. The molecule has 32 heavy (non-hydrogen) atoms. The summed E-state index contributed by atoms with van der Waals surface area (Å²) in [6.45, 7) is 0. The van der Waals surface area contributed by atoms with Crippen LogP contribution in [0.5, 0.6) is 0 Å². The highest BCUT2D eigenvalue weighted by atomic mass is 79.9. The number of hydrogen-bond acceptors (Lipinski definition) is 1. The molecule has 5 rings (SSSR count). The van der Waals surface area contributed by atoms with Gasteiger partial charge in [-0.1, -0.05) is 103 Å². The molecule has 0 aliphatic carbocycles. The highest BCUT2D eigenvalue weighted by Gasteiger charge is 2.12. The first-order chi connectivity index (χ1) is 15.8. The Bertz CT molecular complexity index is 1250. The fourth-order valence-corrected chi connectivity index (χ4v) is 4.58. The van der Waals surface area contributed by atoms with E-state index in [1.165, 1.54) is 22.3 Å². The van der Waals surface area contributed by atoms with Crippen LogP contribution in [-0.4, -0.2) is 0 Å². The molecule has 0 atom stereocenters. The highest BCUT2D eigenvalue weighted by Crippen LogP contribution is 2.40. The van der Waals surface area contributed by atoms with Crippen LogP contribution >= 0.6 is 15.9 Å². The van der Waals surface area contributed by atoms with Crippen LogP contribution < -0.4 is 5.32 Å². The quantitative estimate of drug-likeness (QED) is 0.267. The molecule has 1 nitrogen and oxygen atoms in total. The van der Waals surface area contributed by atoms with Crippen LogP contribution in [0.3, 0.4) is 0 Å². The first kappa shape index (κ1) is 20.3. The predicted octanol–water partition coefficient (Wildman–Crippen LogP) is 9.19. The van der Waals surface area contributed by atoms with Crippen molar-refractivity contribution < 1.29 is 0 Å². The first-order valence-electron chi connectivity index (χ1n) is 10.6. The van der Waals surface area contributed by atoms with Gasteiger partial charge in [0, 0.05) is 15.8 Å². The maximum absolute atomic E-state index is 3.88. The lowest BCUT2D eigenvalue weighted by Crippen LogP contribution is -1.94. The summed E-state index contributed by atoms with van der Waals surface area (Å²) in [6.07, 6.45) is 0. The van der Waals surface area contributed by atoms with E-state index in [-0.39, 0.29) is 0 Å². The third-order valence-corrected chi connectivity index (χ3v) is 6.38. The summed E-state index contributed by atoms with van der Waals surface area (Å²) in [6, 6.07) is 44.4. The summed E-state index contributed by atoms with van der Waals surface area (Å²) in [7, 11) is 0. The Morgan fingerprint density at radius 3 is 1.28 bits per heavy atom. The number of anilines is 2. The van der Waals surface area contributed by atoms with E-state index in [1.807, 2.05) is 18.2 Å². The van der Waals surface area contributed by atoms with Crippen LogP contribution in [0.25, 0.3) is 33.4 Å². The molecule has 0 aliphatic heterocycles. The van der Waals surface area contributed by atoms with Gasteiger partial charge in [0.25, 0.3) is 0 Å². The molecular formula is C30H22BrN. The van der Waals surface area contributed by atoms with Crippen molar-refractivity contribution in [3.63, 3.8) is 0 Å². The lowest BCUT2D eigenvalue weighted by atomic mass is 9.98. The fourth-order valence-electron chi connectivity index (χ4n) is 3.90. The number of benzene rings is 5. The average Bonchev–Trinajstić information content (AvgIpc) is 2.87. The lowest BCUT2D eigenvalue weighted by molar-refractivity contribution is 1.50. The van der Waals surface area contributed by atoms with Crippen LogP contribution in [0, 0.1) is 0 Å². The Labute approximate surface area is 197 Å². The second kappa shape index (κ2) is 9.25. The molecule has 0 radical (unpaired) electrons. The van der Waals surface area contributed by atoms with Gasteiger partial charge in [0.15, 0.2) is 0 Å². The average molecular weight is 476 g/mol. The molecule has 0 saturated carbocycles. The summed E-state index contributed by atoms with van der Waals surface area (Å²) < 4.78 is 1.10. The molecule has 0 fully saturated rings. The largest absolute Gasteiger partial charge is 0.355 e. The van der Waals surface area contributed by atoms with Crippen LogP contribution in [0.4, 0.5) is 11.4 Å². The van der Waals surface area contributed by atoms with Crippen molar-refractivity contribution in [2.24, 2.45) is 0 Å². The van der Waals surface area contributed by atoms with Crippen molar-refractivity contribution in [3.8, 4) is 33.4 Å². The highest BCUT2D eigenvalue weighted by molar-refractivity contribution is 9.10. The molecule has 0 heterocycles. The van der Waals surface area contributed by atoms with E-state index in [0.29, 0.717) is 0 Å². The van der Waals surface area contributed by atoms with Crippen LogP contribution in [0.2, 0.25) is 0 Å². The molecular weight excluding hydrogens is 454 g/mol. The number of rotatable bonds is 5. The van der Waals surface area contributed by atoms with Crippen molar-refractivity contribution in [2.45, 2.75) is 0 Å². The Morgan fingerprint density at radius 2 is 0.812 bits per heavy atom. The van der Waals surface area contributed by atoms with E-state index in [2.05, 4.69) is 130 Å². The molecule has 0 unspecified atom stereocenters. The summed E-state index contributed by atoms with van der Waals surface area (Å²) in [5.74, 6) is 0. The SMILES string of the molecule is Brc1c(-c2ccccc2)cc(Nc2ccc(-c3ccccc3)cc2)cc1-c1ccccc1. The fraction of sp³-hybridized carbons (Fsp3) is 0. The third-order valence-electron chi connectivity index (χ3n) is 5.52. The zero-order valence-corrected chi connectivity index (χ0v) is 19.1. The molecule has 154 valence electrons. The van der Waals surface area contributed by atoms with Gasteiger partial charge < -0.3 is 5.32 Å². The minimum atomic E-state index is 1.05. The van der Waals surface area contributed by atoms with Crippen molar-refractivity contribution >= 4 is 27.3 Å². The minimum Gasteiger partial charge on any atom is -0.355 e. The second-order valence-electron chi connectivity index (χ2n) is 7.69. The van der Waals surface area contributed by atoms with Gasteiger partial charge in [-0.25, -0.2) is 0 Å². The van der Waals surface area contributed by atoms with Crippen LogP contribution in [-0.2, 0) is 0 Å². The van der Waals surface area contributed by atoms with E-state index in [1.54, 1.807) is 0 Å². The molecule has 0 aliphatic rings. The van der Waals surface area contributed by atoms with Gasteiger partial charge in [-0.3, -0.25) is 0 Å². The topological polar surface area (TPSA) is 12.0 Å². The Balaban J connectivity index is 1.54. The first-order valence-corrected chi connectivity index (χ1v) is 11.4. The molecule has 0 bridgehead atoms. The summed E-state index contributed by atoms with van der Waals surface area (Å²) in [4.78, 5) is 0. The van der Waals surface area contributed by atoms with E-state index >= 15 is 0 Å². The number of hydrogen-bond donors (Lipinski definition) is 1. The maximum Gasteiger partial charge on any atom is 0.0397 e. The van der Waals surface area contributed by atoms with Gasteiger partial charge in [0.1, 0.15) is 0 Å². The minimum absolute atomic E-state index is 1.05. The van der Waals surface area contributed by atoms with E-state index in [0.717, 1.165) is 27.0 Å². The lowest BCUT2D eigenvalue weighted by Gasteiger charge is -2.16. The van der Waals surface area contributed by atoms with Gasteiger partial charge in [0.05, 0.1) is 0 Å². The van der Waals surface area contributed by atoms with Gasteiger partial charge >= 0.3 is 0 Å². The molecule has 0 aromatic heterocycles. The van der Waals surface area contributed by atoms with Crippen LogP contribution in [0.1, 0.15) is 0 Å². The van der Waals surface area contributed by atoms with Gasteiger partial charge in [-0.05, 0) is 73.6 Å². The smallest absolute Gasteiger partial charge is 0.0397 e. The Hall–Kier alpha value is -3.62. The third kappa shape index (κ3) is 4.37. The normalized spacial score (nSPS) is 10.7. The van der Waals surface area contributed by atoms with Gasteiger partial charge in [0.2, 0.25) is 0 Å². The zero-order valence-electron chi connectivity index (χ0n) is 17.5. The molecule has 0 spiro atoms. The molecule has 5 aromatic carbocycles. The van der Waals surface area contributed by atoms with Crippen molar-refractivity contribution in [3.05, 3.63) is 132 Å². The standard InChI is InChI=1S/C30H22BrN/c31-30-28(24-12-6-2-7-13-24)20-27(21-29(30)25-14-8-3-9-15-25)32-26-18-16-23(17-19-26)22-10-4-1-5-11-22/h1-21,32H.